The third-order valence-electron chi connectivity index (χ3n) is 1.99. The molecule has 0 spiro atoms. The van der Waals surface area contributed by atoms with E-state index in [9.17, 15) is 5.11 Å². The summed E-state index contributed by atoms with van der Waals surface area (Å²) in [5, 5.41) is 18.5. The van der Waals surface area contributed by atoms with Crippen LogP contribution < -0.4 is 4.74 Å². The number of methoxy groups -OCH3 is 1. The molecule has 0 radical (unpaired) electrons. The number of phenolic OH excluding ortho intramolecular Hbond substituents is 1. The number of halogens is 1. The largest absolute Gasteiger partial charge is 0.504 e. The minimum Gasteiger partial charge on any atom is -0.504 e. The van der Waals surface area contributed by atoms with Gasteiger partial charge in [0.15, 0.2) is 11.5 Å². The molecule has 0 saturated heterocycles. The van der Waals surface area contributed by atoms with E-state index in [0.717, 1.165) is 10.0 Å². The Morgan fingerprint density at radius 2 is 2.14 bits per heavy atom. The molecule has 3 nitrogen and oxygen atoms in total. The lowest BCUT2D eigenvalue weighted by Crippen LogP contribution is -1.94. The number of aliphatic hydroxyl groups is 1. The third kappa shape index (κ3) is 2.39. The predicted octanol–water partition coefficient (Wildman–Crippen LogP) is 2.09. The van der Waals surface area contributed by atoms with Crippen LogP contribution in [0.1, 0.15) is 12.0 Å². The number of ether oxygens (including phenoxy) is 1. The van der Waals surface area contributed by atoms with Gasteiger partial charge in [-0.25, -0.2) is 0 Å². The molecule has 78 valence electrons. The summed E-state index contributed by atoms with van der Waals surface area (Å²) in [6.07, 6.45) is 1.25. The second-order valence-electron chi connectivity index (χ2n) is 2.90. The van der Waals surface area contributed by atoms with Crippen molar-refractivity contribution in [3.05, 3.63) is 22.2 Å². The number of aromatic hydroxyl groups is 1. The molecule has 0 heterocycles. The minimum absolute atomic E-state index is 0.114. The summed E-state index contributed by atoms with van der Waals surface area (Å²) in [5.74, 6) is 0.608. The smallest absolute Gasteiger partial charge is 0.162 e. The SMILES string of the molecule is COc1ccc(Br)c(CCCO)c1O. The predicted molar refractivity (Wildman–Crippen MR) is 57.8 cm³/mol. The Morgan fingerprint density at radius 3 is 2.71 bits per heavy atom. The maximum Gasteiger partial charge on any atom is 0.162 e. The van der Waals surface area contributed by atoms with Crippen molar-refractivity contribution in [1.29, 1.82) is 0 Å². The number of hydrogen-bond donors (Lipinski definition) is 2. The van der Waals surface area contributed by atoms with Crippen molar-refractivity contribution in [2.24, 2.45) is 0 Å². The van der Waals surface area contributed by atoms with Crippen LogP contribution in [0.3, 0.4) is 0 Å². The van der Waals surface area contributed by atoms with Crippen molar-refractivity contribution < 1.29 is 14.9 Å². The fraction of sp³-hybridized carbons (Fsp3) is 0.400. The molecule has 1 aromatic carbocycles. The van der Waals surface area contributed by atoms with Crippen molar-refractivity contribution in [2.75, 3.05) is 13.7 Å². The topological polar surface area (TPSA) is 49.7 Å². The van der Waals surface area contributed by atoms with E-state index in [0.29, 0.717) is 18.6 Å². The lowest BCUT2D eigenvalue weighted by Gasteiger charge is -2.10. The van der Waals surface area contributed by atoms with Gasteiger partial charge in [0, 0.05) is 16.6 Å². The zero-order chi connectivity index (χ0) is 10.6. The van der Waals surface area contributed by atoms with E-state index in [2.05, 4.69) is 15.9 Å². The summed E-state index contributed by atoms with van der Waals surface area (Å²) in [4.78, 5) is 0. The Labute approximate surface area is 91.5 Å². The van der Waals surface area contributed by atoms with Crippen LogP contribution in [-0.2, 0) is 6.42 Å². The van der Waals surface area contributed by atoms with Crippen LogP contribution in [0.25, 0.3) is 0 Å². The standard InChI is InChI=1S/C10H13BrO3/c1-14-9-5-4-8(11)7(10(9)13)3-2-6-12/h4-5,12-13H,2-3,6H2,1H3. The maximum atomic E-state index is 9.76. The van der Waals surface area contributed by atoms with E-state index in [1.165, 1.54) is 7.11 Å². The Hall–Kier alpha value is -0.740. The summed E-state index contributed by atoms with van der Waals surface area (Å²) in [6, 6.07) is 3.52. The number of rotatable bonds is 4. The van der Waals surface area contributed by atoms with Gasteiger partial charge in [0.1, 0.15) is 0 Å². The molecule has 0 bridgehead atoms. The molecule has 0 aliphatic heterocycles. The number of phenols is 1. The molecule has 0 saturated carbocycles. The summed E-state index contributed by atoms with van der Waals surface area (Å²) in [7, 11) is 1.51. The highest BCUT2D eigenvalue weighted by molar-refractivity contribution is 9.10. The van der Waals surface area contributed by atoms with Gasteiger partial charge in [0.05, 0.1) is 7.11 Å². The first-order chi connectivity index (χ1) is 6.70. The van der Waals surface area contributed by atoms with Gasteiger partial charge in [-0.05, 0) is 25.0 Å². The average Bonchev–Trinajstić information content (AvgIpc) is 2.18. The second-order valence-corrected chi connectivity index (χ2v) is 3.76. The highest BCUT2D eigenvalue weighted by Crippen LogP contribution is 2.35. The van der Waals surface area contributed by atoms with Gasteiger partial charge in [0.25, 0.3) is 0 Å². The Kier molecular flexibility index (Phi) is 4.22. The van der Waals surface area contributed by atoms with Crippen LogP contribution >= 0.6 is 15.9 Å². The third-order valence-corrected chi connectivity index (χ3v) is 2.74. The molecule has 0 unspecified atom stereocenters. The van der Waals surface area contributed by atoms with Crippen molar-refractivity contribution in [2.45, 2.75) is 12.8 Å². The zero-order valence-electron chi connectivity index (χ0n) is 7.96. The normalized spacial score (nSPS) is 10.2. The van der Waals surface area contributed by atoms with Gasteiger partial charge in [-0.2, -0.15) is 0 Å². The van der Waals surface area contributed by atoms with Crippen LogP contribution in [0.15, 0.2) is 16.6 Å². The lowest BCUT2D eigenvalue weighted by molar-refractivity contribution is 0.287. The first-order valence-corrected chi connectivity index (χ1v) is 5.15. The van der Waals surface area contributed by atoms with Gasteiger partial charge in [0.2, 0.25) is 0 Å². The molecule has 1 rings (SSSR count). The molecule has 14 heavy (non-hydrogen) atoms. The molecule has 0 aliphatic rings. The fourth-order valence-electron chi connectivity index (χ4n) is 1.25. The van der Waals surface area contributed by atoms with E-state index in [1.807, 2.05) is 6.07 Å². The second kappa shape index (κ2) is 5.22. The summed E-state index contributed by atoms with van der Waals surface area (Å²) < 4.78 is 5.82. The molecule has 1 aromatic rings. The fourth-order valence-corrected chi connectivity index (χ4v) is 1.77. The molecular formula is C10H13BrO3. The van der Waals surface area contributed by atoms with Crippen LogP contribution in [0.4, 0.5) is 0 Å². The average molecular weight is 261 g/mol. The summed E-state index contributed by atoms with van der Waals surface area (Å²) in [5.41, 5.74) is 0.776. The monoisotopic (exact) mass is 260 g/mol. The molecule has 0 aromatic heterocycles. The molecule has 0 amide bonds. The Morgan fingerprint density at radius 1 is 1.43 bits per heavy atom. The maximum absolute atomic E-state index is 9.76. The quantitative estimate of drug-likeness (QED) is 0.872. The minimum atomic E-state index is 0.114. The molecule has 0 fully saturated rings. The highest BCUT2D eigenvalue weighted by Gasteiger charge is 2.10. The van der Waals surface area contributed by atoms with Crippen LogP contribution in [-0.4, -0.2) is 23.9 Å². The van der Waals surface area contributed by atoms with E-state index in [-0.39, 0.29) is 12.4 Å². The Balaban J connectivity index is 2.99. The molecule has 0 aliphatic carbocycles. The lowest BCUT2D eigenvalue weighted by atomic mass is 10.1. The highest BCUT2D eigenvalue weighted by atomic mass is 79.9. The van der Waals surface area contributed by atoms with Gasteiger partial charge in [-0.3, -0.25) is 0 Å². The van der Waals surface area contributed by atoms with Gasteiger partial charge in [-0.15, -0.1) is 0 Å². The van der Waals surface area contributed by atoms with Gasteiger partial charge in [-0.1, -0.05) is 15.9 Å². The Bertz CT molecular complexity index is 312. The summed E-state index contributed by atoms with van der Waals surface area (Å²) >= 11 is 3.34. The van der Waals surface area contributed by atoms with Crippen molar-refractivity contribution in [3.63, 3.8) is 0 Å². The van der Waals surface area contributed by atoms with Crippen molar-refractivity contribution >= 4 is 15.9 Å². The van der Waals surface area contributed by atoms with Crippen LogP contribution in [0, 0.1) is 0 Å². The van der Waals surface area contributed by atoms with Crippen molar-refractivity contribution in [3.8, 4) is 11.5 Å². The van der Waals surface area contributed by atoms with Crippen LogP contribution in [0.5, 0.6) is 11.5 Å². The zero-order valence-corrected chi connectivity index (χ0v) is 9.54. The van der Waals surface area contributed by atoms with E-state index in [1.54, 1.807) is 6.07 Å². The first-order valence-electron chi connectivity index (χ1n) is 4.36. The molecule has 2 N–H and O–H groups in total. The molecule has 4 heteroatoms. The van der Waals surface area contributed by atoms with E-state index < -0.39 is 0 Å². The van der Waals surface area contributed by atoms with Gasteiger partial charge >= 0.3 is 0 Å². The summed E-state index contributed by atoms with van der Waals surface area (Å²) in [6.45, 7) is 0.114. The number of aliphatic hydroxyl groups excluding tert-OH is 1. The van der Waals surface area contributed by atoms with Crippen LogP contribution in [0.2, 0.25) is 0 Å². The van der Waals surface area contributed by atoms with E-state index in [4.69, 9.17) is 9.84 Å². The van der Waals surface area contributed by atoms with Gasteiger partial charge < -0.3 is 14.9 Å². The van der Waals surface area contributed by atoms with Crippen molar-refractivity contribution in [1.82, 2.24) is 0 Å². The number of benzene rings is 1. The molecule has 0 atom stereocenters. The number of hydrogen-bond acceptors (Lipinski definition) is 3. The van der Waals surface area contributed by atoms with E-state index >= 15 is 0 Å². The molecular weight excluding hydrogens is 248 g/mol. The first kappa shape index (κ1) is 11.3.